The molecule has 0 unspecified atom stereocenters. The molecule has 0 spiro atoms. The number of carboxylic acid groups (broad SMARTS) is 1. The summed E-state index contributed by atoms with van der Waals surface area (Å²) in [5, 5.41) is 29.3. The van der Waals surface area contributed by atoms with Crippen molar-refractivity contribution in [2.45, 2.75) is 37.6 Å². The molecule has 3 rings (SSSR count). The highest BCUT2D eigenvalue weighted by atomic mass is 19.1. The van der Waals surface area contributed by atoms with Crippen molar-refractivity contribution in [3.05, 3.63) is 42.0 Å². The number of ether oxygens (including phenoxy) is 3. The van der Waals surface area contributed by atoms with Crippen LogP contribution < -0.4 is 4.74 Å². The predicted octanol–water partition coefficient (Wildman–Crippen LogP) is 2.15. The molecular formula is C22H28F2O7. The Morgan fingerprint density at radius 2 is 2.13 bits per heavy atom. The second kappa shape index (κ2) is 11.0. The van der Waals surface area contributed by atoms with Gasteiger partial charge in [-0.2, -0.15) is 0 Å². The zero-order valence-corrected chi connectivity index (χ0v) is 17.0. The number of hydrogen-bond donors (Lipinski definition) is 3. The van der Waals surface area contributed by atoms with E-state index in [1.165, 1.54) is 6.08 Å². The van der Waals surface area contributed by atoms with Crippen LogP contribution in [0.5, 0.6) is 5.75 Å². The van der Waals surface area contributed by atoms with Gasteiger partial charge in [0, 0.05) is 24.3 Å². The molecular weight excluding hydrogens is 414 g/mol. The lowest BCUT2D eigenvalue weighted by atomic mass is 9.87. The zero-order chi connectivity index (χ0) is 22.4. The Bertz CT molecular complexity index is 772. The highest BCUT2D eigenvalue weighted by Gasteiger charge is 2.43. The van der Waals surface area contributed by atoms with Gasteiger partial charge in [0.05, 0.1) is 25.4 Å². The maximum absolute atomic E-state index is 13.6. The molecule has 172 valence electrons. The van der Waals surface area contributed by atoms with Crippen LogP contribution in [0.3, 0.4) is 0 Å². The van der Waals surface area contributed by atoms with E-state index in [0.717, 1.165) is 31.0 Å². The molecule has 2 fully saturated rings. The van der Waals surface area contributed by atoms with Crippen LogP contribution in [-0.2, 0) is 14.3 Å². The lowest BCUT2D eigenvalue weighted by Gasteiger charge is -2.21. The Morgan fingerprint density at radius 3 is 2.90 bits per heavy atom. The van der Waals surface area contributed by atoms with Crippen LogP contribution in [0.15, 0.2) is 30.4 Å². The number of aliphatic hydroxyl groups is 2. The average Bonchev–Trinajstić information content (AvgIpc) is 2.88. The van der Waals surface area contributed by atoms with Crippen molar-refractivity contribution >= 4 is 5.97 Å². The number of fused-ring (bicyclic) bond motifs is 1. The third kappa shape index (κ3) is 6.70. The van der Waals surface area contributed by atoms with Gasteiger partial charge in [-0.1, -0.05) is 12.2 Å². The van der Waals surface area contributed by atoms with E-state index < -0.39 is 29.8 Å². The Hall–Kier alpha value is -2.07. The molecule has 1 aromatic rings. The Kier molecular flexibility index (Phi) is 8.36. The van der Waals surface area contributed by atoms with Gasteiger partial charge >= 0.3 is 5.97 Å². The van der Waals surface area contributed by atoms with Gasteiger partial charge in [-0.25, -0.2) is 13.6 Å². The van der Waals surface area contributed by atoms with Crippen LogP contribution in [0.2, 0.25) is 0 Å². The summed E-state index contributed by atoms with van der Waals surface area (Å²) in [7, 11) is 0. The minimum Gasteiger partial charge on any atom is -0.487 e. The van der Waals surface area contributed by atoms with Crippen LogP contribution in [0.25, 0.3) is 0 Å². The standard InChI is InChI=1S/C22H28F2O7/c23-14-2-6-18(24)21(7-14)31-11-15(25)3-5-16-17-4-1-13(9-29-12-22(27)28)10-30-20(17)8-19(16)26/h2-3,5-7,13,15-17,19-20,25-26H,1,4,8-12H2,(H,27,28)/t13-,15-,16-,17-,19-,20+/m1/s1. The van der Waals surface area contributed by atoms with Crippen molar-refractivity contribution in [2.75, 3.05) is 26.4 Å². The summed E-state index contributed by atoms with van der Waals surface area (Å²) >= 11 is 0. The van der Waals surface area contributed by atoms with Gasteiger partial charge in [-0.15, -0.1) is 0 Å². The fourth-order valence-corrected chi connectivity index (χ4v) is 4.23. The van der Waals surface area contributed by atoms with Crippen molar-refractivity contribution in [1.29, 1.82) is 0 Å². The SMILES string of the molecule is O=C(O)COC[C@H]1CC[C@@H]2[C@@H](C=C[C@@H](O)COc3cc(F)ccc3F)[C@H](O)C[C@@H]2OC1. The number of carboxylic acids is 1. The molecule has 1 aliphatic heterocycles. The van der Waals surface area contributed by atoms with Gasteiger partial charge in [0.15, 0.2) is 11.6 Å². The third-order valence-corrected chi connectivity index (χ3v) is 5.78. The number of rotatable bonds is 9. The summed E-state index contributed by atoms with van der Waals surface area (Å²) in [5.41, 5.74) is 0. The number of carbonyl (C=O) groups is 1. The topological polar surface area (TPSA) is 105 Å². The smallest absolute Gasteiger partial charge is 0.329 e. The van der Waals surface area contributed by atoms with E-state index in [1.807, 2.05) is 0 Å². The second-order valence-corrected chi connectivity index (χ2v) is 8.11. The van der Waals surface area contributed by atoms with Crippen LogP contribution >= 0.6 is 0 Å². The highest BCUT2D eigenvalue weighted by molar-refractivity contribution is 5.67. The van der Waals surface area contributed by atoms with E-state index in [-0.39, 0.29) is 42.8 Å². The van der Waals surface area contributed by atoms with E-state index in [1.54, 1.807) is 6.08 Å². The minimum atomic E-state index is -1.06. The summed E-state index contributed by atoms with van der Waals surface area (Å²) in [4.78, 5) is 10.6. The molecule has 1 aliphatic carbocycles. The van der Waals surface area contributed by atoms with Gasteiger partial charge in [0.1, 0.15) is 25.1 Å². The first kappa shape index (κ1) is 23.6. The number of halogens is 2. The average molecular weight is 442 g/mol. The molecule has 31 heavy (non-hydrogen) atoms. The second-order valence-electron chi connectivity index (χ2n) is 8.11. The maximum atomic E-state index is 13.6. The van der Waals surface area contributed by atoms with Crippen LogP contribution in [0.4, 0.5) is 8.78 Å². The number of aliphatic hydroxyl groups excluding tert-OH is 2. The maximum Gasteiger partial charge on any atom is 0.329 e. The Morgan fingerprint density at radius 1 is 1.32 bits per heavy atom. The fourth-order valence-electron chi connectivity index (χ4n) is 4.23. The molecule has 2 aliphatic rings. The van der Waals surface area contributed by atoms with Crippen molar-refractivity contribution in [3.63, 3.8) is 0 Å². The van der Waals surface area contributed by atoms with Gasteiger partial charge in [-0.3, -0.25) is 0 Å². The van der Waals surface area contributed by atoms with Crippen LogP contribution in [-0.4, -0.2) is 66.0 Å². The molecule has 1 heterocycles. The van der Waals surface area contributed by atoms with Crippen LogP contribution in [0, 0.1) is 29.4 Å². The lowest BCUT2D eigenvalue weighted by molar-refractivity contribution is -0.143. The molecule has 7 nitrogen and oxygen atoms in total. The van der Waals surface area contributed by atoms with E-state index in [9.17, 15) is 23.8 Å². The lowest BCUT2D eigenvalue weighted by Crippen LogP contribution is -2.22. The minimum absolute atomic E-state index is 0.0597. The largest absolute Gasteiger partial charge is 0.487 e. The summed E-state index contributed by atoms with van der Waals surface area (Å²) < 4.78 is 43.1. The molecule has 1 saturated heterocycles. The molecule has 0 amide bonds. The number of aliphatic carboxylic acids is 1. The van der Waals surface area contributed by atoms with Gasteiger partial charge in [0.2, 0.25) is 0 Å². The monoisotopic (exact) mass is 442 g/mol. The summed E-state index contributed by atoms with van der Waals surface area (Å²) in [6.45, 7) is 0.154. The molecule has 3 N–H and O–H groups in total. The Balaban J connectivity index is 1.51. The van der Waals surface area contributed by atoms with Crippen molar-refractivity contribution in [1.82, 2.24) is 0 Å². The molecule has 6 atom stereocenters. The quantitative estimate of drug-likeness (QED) is 0.504. The van der Waals surface area contributed by atoms with Gasteiger partial charge in [-0.05, 0) is 30.9 Å². The predicted molar refractivity (Wildman–Crippen MR) is 106 cm³/mol. The van der Waals surface area contributed by atoms with E-state index in [2.05, 4.69) is 0 Å². The molecule has 9 heteroatoms. The van der Waals surface area contributed by atoms with Crippen molar-refractivity contribution < 1.29 is 43.1 Å². The summed E-state index contributed by atoms with van der Waals surface area (Å²) in [6.07, 6.45) is 3.47. The molecule has 1 saturated carbocycles. The summed E-state index contributed by atoms with van der Waals surface area (Å²) in [6, 6.07) is 2.85. The zero-order valence-electron chi connectivity index (χ0n) is 17.0. The molecule has 0 bridgehead atoms. The first-order valence-electron chi connectivity index (χ1n) is 10.4. The highest BCUT2D eigenvalue weighted by Crippen LogP contribution is 2.41. The van der Waals surface area contributed by atoms with E-state index in [0.29, 0.717) is 19.6 Å². The summed E-state index contributed by atoms with van der Waals surface area (Å²) in [5.74, 6) is -2.71. The van der Waals surface area contributed by atoms with Gasteiger partial charge in [0.25, 0.3) is 0 Å². The number of hydrogen-bond acceptors (Lipinski definition) is 6. The fraction of sp³-hybridized carbons (Fsp3) is 0.591. The Labute approximate surface area is 179 Å². The molecule has 0 aromatic heterocycles. The van der Waals surface area contributed by atoms with Crippen molar-refractivity contribution in [3.8, 4) is 5.75 Å². The normalized spacial score (nSPS) is 29.5. The van der Waals surface area contributed by atoms with E-state index in [4.69, 9.17) is 19.3 Å². The first-order chi connectivity index (χ1) is 14.8. The molecule has 0 radical (unpaired) electrons. The van der Waals surface area contributed by atoms with E-state index >= 15 is 0 Å². The van der Waals surface area contributed by atoms with Crippen molar-refractivity contribution in [2.24, 2.45) is 17.8 Å². The third-order valence-electron chi connectivity index (χ3n) is 5.78. The number of benzene rings is 1. The first-order valence-corrected chi connectivity index (χ1v) is 10.4. The van der Waals surface area contributed by atoms with Gasteiger partial charge < -0.3 is 29.5 Å². The molecule has 1 aromatic carbocycles. The van der Waals surface area contributed by atoms with Crippen LogP contribution in [0.1, 0.15) is 19.3 Å².